The van der Waals surface area contributed by atoms with Crippen molar-refractivity contribution in [2.24, 2.45) is 5.92 Å². The van der Waals surface area contributed by atoms with E-state index in [1.807, 2.05) is 7.05 Å². The molecule has 0 aromatic heterocycles. The number of likely N-dealkylation sites (N-methyl/N-ethyl adjacent to an activating group) is 1. The Kier molecular flexibility index (Phi) is 6.15. The second kappa shape index (κ2) is 7.21. The van der Waals surface area contributed by atoms with Crippen molar-refractivity contribution in [3.05, 3.63) is 0 Å². The van der Waals surface area contributed by atoms with E-state index in [9.17, 15) is 0 Å². The maximum atomic E-state index is 5.52. The van der Waals surface area contributed by atoms with Crippen molar-refractivity contribution in [1.82, 2.24) is 10.6 Å². The lowest BCUT2D eigenvalue weighted by Crippen LogP contribution is -2.34. The lowest BCUT2D eigenvalue weighted by molar-refractivity contribution is -0.0262. The molecule has 0 amide bonds. The van der Waals surface area contributed by atoms with E-state index in [0.717, 1.165) is 32.2 Å². The fraction of sp³-hybridized carbons (Fsp3) is 1.00. The Bertz CT molecular complexity index is 135. The molecule has 0 unspecified atom stereocenters. The van der Waals surface area contributed by atoms with Gasteiger partial charge in [-0.25, -0.2) is 0 Å². The van der Waals surface area contributed by atoms with Gasteiger partial charge in [0.1, 0.15) is 0 Å². The second-order valence-electron chi connectivity index (χ2n) is 4.06. The van der Waals surface area contributed by atoms with Crippen LogP contribution in [-0.4, -0.2) is 39.4 Å². The standard InChI is InChI=1S/C11H24N2O/c1-3-14-11-8-10(9-11)4-5-13-7-6-12-2/h10-13H,3-9H2,1-2H3. The van der Waals surface area contributed by atoms with Gasteiger partial charge in [0, 0.05) is 19.7 Å². The van der Waals surface area contributed by atoms with Gasteiger partial charge in [-0.3, -0.25) is 0 Å². The zero-order valence-corrected chi connectivity index (χ0v) is 9.51. The van der Waals surface area contributed by atoms with Crippen LogP contribution in [0.15, 0.2) is 0 Å². The summed E-state index contributed by atoms with van der Waals surface area (Å²) in [7, 11) is 1.99. The van der Waals surface area contributed by atoms with Crippen LogP contribution < -0.4 is 10.6 Å². The van der Waals surface area contributed by atoms with Crippen molar-refractivity contribution in [2.45, 2.75) is 32.3 Å². The molecule has 1 fully saturated rings. The molecule has 0 bridgehead atoms. The van der Waals surface area contributed by atoms with E-state index in [1.165, 1.54) is 19.3 Å². The number of hydrogen-bond acceptors (Lipinski definition) is 3. The number of hydrogen-bond donors (Lipinski definition) is 2. The maximum absolute atomic E-state index is 5.52. The molecule has 0 saturated heterocycles. The lowest BCUT2D eigenvalue weighted by atomic mass is 9.80. The Morgan fingerprint density at radius 2 is 2.00 bits per heavy atom. The minimum absolute atomic E-state index is 0.572. The van der Waals surface area contributed by atoms with Gasteiger partial charge in [-0.1, -0.05) is 0 Å². The molecule has 3 heteroatoms. The van der Waals surface area contributed by atoms with Gasteiger partial charge in [0.15, 0.2) is 0 Å². The molecule has 0 heterocycles. The van der Waals surface area contributed by atoms with E-state index in [2.05, 4.69) is 17.6 Å². The van der Waals surface area contributed by atoms with Gasteiger partial charge in [-0.2, -0.15) is 0 Å². The van der Waals surface area contributed by atoms with E-state index >= 15 is 0 Å². The van der Waals surface area contributed by atoms with Crippen molar-refractivity contribution < 1.29 is 4.74 Å². The molecule has 84 valence electrons. The maximum Gasteiger partial charge on any atom is 0.0580 e. The summed E-state index contributed by atoms with van der Waals surface area (Å²) < 4.78 is 5.52. The van der Waals surface area contributed by atoms with Gasteiger partial charge in [-0.15, -0.1) is 0 Å². The Labute approximate surface area is 87.6 Å². The van der Waals surface area contributed by atoms with Crippen LogP contribution in [-0.2, 0) is 4.74 Å². The highest BCUT2D eigenvalue weighted by Gasteiger charge is 2.28. The zero-order chi connectivity index (χ0) is 10.2. The summed E-state index contributed by atoms with van der Waals surface area (Å²) in [4.78, 5) is 0. The molecular formula is C11H24N2O. The van der Waals surface area contributed by atoms with Crippen molar-refractivity contribution >= 4 is 0 Å². The van der Waals surface area contributed by atoms with Crippen molar-refractivity contribution in [3.8, 4) is 0 Å². The molecule has 0 aliphatic heterocycles. The van der Waals surface area contributed by atoms with Gasteiger partial charge in [0.2, 0.25) is 0 Å². The molecule has 0 atom stereocenters. The monoisotopic (exact) mass is 200 g/mol. The Hall–Kier alpha value is -0.120. The van der Waals surface area contributed by atoms with E-state index in [1.54, 1.807) is 0 Å². The van der Waals surface area contributed by atoms with Crippen molar-refractivity contribution in [3.63, 3.8) is 0 Å². The van der Waals surface area contributed by atoms with Crippen molar-refractivity contribution in [2.75, 3.05) is 33.3 Å². The predicted octanol–water partition coefficient (Wildman–Crippen LogP) is 1.00. The summed E-state index contributed by atoms with van der Waals surface area (Å²) in [6.45, 7) is 6.25. The zero-order valence-electron chi connectivity index (χ0n) is 9.51. The van der Waals surface area contributed by atoms with Crippen molar-refractivity contribution in [1.29, 1.82) is 0 Å². The van der Waals surface area contributed by atoms with Gasteiger partial charge < -0.3 is 15.4 Å². The first-order chi connectivity index (χ1) is 6.86. The largest absolute Gasteiger partial charge is 0.378 e. The summed E-state index contributed by atoms with van der Waals surface area (Å²) in [5, 5.41) is 6.55. The molecule has 0 aromatic carbocycles. The third-order valence-electron chi connectivity index (χ3n) is 2.88. The molecule has 14 heavy (non-hydrogen) atoms. The van der Waals surface area contributed by atoms with Gasteiger partial charge in [-0.05, 0) is 45.7 Å². The van der Waals surface area contributed by atoms with Crippen LogP contribution >= 0.6 is 0 Å². The van der Waals surface area contributed by atoms with E-state index < -0.39 is 0 Å². The first-order valence-electron chi connectivity index (χ1n) is 5.83. The summed E-state index contributed by atoms with van der Waals surface area (Å²) in [5.41, 5.74) is 0. The SMILES string of the molecule is CCOC1CC(CCNCCNC)C1. The first kappa shape index (κ1) is 12.0. The minimum Gasteiger partial charge on any atom is -0.378 e. The molecule has 2 N–H and O–H groups in total. The van der Waals surface area contributed by atoms with Crippen LogP contribution in [0.1, 0.15) is 26.2 Å². The van der Waals surface area contributed by atoms with Gasteiger partial charge in [0.05, 0.1) is 6.10 Å². The molecule has 1 rings (SSSR count). The molecule has 1 saturated carbocycles. The van der Waals surface area contributed by atoms with Gasteiger partial charge in [0.25, 0.3) is 0 Å². The van der Waals surface area contributed by atoms with Crippen LogP contribution in [0.5, 0.6) is 0 Å². The van der Waals surface area contributed by atoms with Crippen LogP contribution in [0, 0.1) is 5.92 Å². The number of ether oxygens (including phenoxy) is 1. The fourth-order valence-corrected chi connectivity index (χ4v) is 1.93. The average molecular weight is 200 g/mol. The molecule has 0 aromatic rings. The lowest BCUT2D eigenvalue weighted by Gasteiger charge is -2.35. The van der Waals surface area contributed by atoms with Gasteiger partial charge >= 0.3 is 0 Å². The smallest absolute Gasteiger partial charge is 0.0580 e. The minimum atomic E-state index is 0.572. The van der Waals surface area contributed by atoms with E-state index in [4.69, 9.17) is 4.74 Å². The highest BCUT2D eigenvalue weighted by atomic mass is 16.5. The molecule has 3 nitrogen and oxygen atoms in total. The Balaban J connectivity index is 1.81. The van der Waals surface area contributed by atoms with Crippen LogP contribution in [0.4, 0.5) is 0 Å². The normalized spacial score (nSPS) is 26.1. The summed E-state index contributed by atoms with van der Waals surface area (Å²) in [6, 6.07) is 0. The molecular weight excluding hydrogens is 176 g/mol. The second-order valence-corrected chi connectivity index (χ2v) is 4.06. The quantitative estimate of drug-likeness (QED) is 0.574. The highest BCUT2D eigenvalue weighted by molar-refractivity contribution is 4.80. The molecule has 0 spiro atoms. The molecule has 1 aliphatic rings. The topological polar surface area (TPSA) is 33.3 Å². The third-order valence-corrected chi connectivity index (χ3v) is 2.88. The Morgan fingerprint density at radius 3 is 2.64 bits per heavy atom. The van der Waals surface area contributed by atoms with E-state index in [-0.39, 0.29) is 0 Å². The average Bonchev–Trinajstić information content (AvgIpc) is 2.13. The third kappa shape index (κ3) is 4.40. The number of nitrogens with one attached hydrogen (secondary N) is 2. The predicted molar refractivity (Wildman–Crippen MR) is 59.6 cm³/mol. The summed E-state index contributed by atoms with van der Waals surface area (Å²) >= 11 is 0. The highest BCUT2D eigenvalue weighted by Crippen LogP contribution is 2.32. The first-order valence-corrected chi connectivity index (χ1v) is 5.83. The fourth-order valence-electron chi connectivity index (χ4n) is 1.93. The Morgan fingerprint density at radius 1 is 1.21 bits per heavy atom. The number of rotatable bonds is 8. The van der Waals surface area contributed by atoms with Crippen LogP contribution in [0.25, 0.3) is 0 Å². The summed E-state index contributed by atoms with van der Waals surface area (Å²) in [6.07, 6.45) is 4.44. The molecule has 1 aliphatic carbocycles. The molecule has 0 radical (unpaired) electrons. The van der Waals surface area contributed by atoms with Crippen LogP contribution in [0.3, 0.4) is 0 Å². The summed E-state index contributed by atoms with van der Waals surface area (Å²) in [5.74, 6) is 0.911. The van der Waals surface area contributed by atoms with Crippen LogP contribution in [0.2, 0.25) is 0 Å². The van der Waals surface area contributed by atoms with E-state index in [0.29, 0.717) is 6.10 Å².